The second-order valence-corrected chi connectivity index (χ2v) is 4.73. The van der Waals surface area contributed by atoms with Crippen LogP contribution in [0, 0.1) is 0 Å². The van der Waals surface area contributed by atoms with Crippen LogP contribution in [-0.4, -0.2) is 29.7 Å². The second kappa shape index (κ2) is 6.34. The van der Waals surface area contributed by atoms with Crippen molar-refractivity contribution >= 4 is 11.7 Å². The number of hydrogen-bond donors (Lipinski definition) is 0. The number of carbonyl (C=O) groups is 2. The standard InChI is InChI=1S/C15H19NO2/c17-14(13-7-2-1-3-8-13)9-6-12-16-11-5-4-10-15(16)18/h1-3,7-8H,4-6,9-12H2. The Morgan fingerprint density at radius 3 is 2.67 bits per heavy atom. The predicted molar refractivity (Wildman–Crippen MR) is 70.4 cm³/mol. The lowest BCUT2D eigenvalue weighted by Gasteiger charge is -2.26. The van der Waals surface area contributed by atoms with Crippen molar-refractivity contribution in [3.8, 4) is 0 Å². The van der Waals surface area contributed by atoms with E-state index in [0.29, 0.717) is 12.8 Å². The maximum atomic E-state index is 11.9. The second-order valence-electron chi connectivity index (χ2n) is 4.73. The average Bonchev–Trinajstić information content (AvgIpc) is 2.42. The summed E-state index contributed by atoms with van der Waals surface area (Å²) in [5.74, 6) is 0.411. The Bertz CT molecular complexity index is 414. The first-order valence-corrected chi connectivity index (χ1v) is 6.63. The zero-order chi connectivity index (χ0) is 12.8. The molecule has 0 aromatic heterocycles. The normalized spacial score (nSPS) is 15.8. The minimum atomic E-state index is 0.167. The minimum Gasteiger partial charge on any atom is -0.343 e. The van der Waals surface area contributed by atoms with Crippen molar-refractivity contribution in [2.24, 2.45) is 0 Å². The lowest BCUT2D eigenvalue weighted by atomic mass is 10.1. The number of nitrogens with zero attached hydrogens (tertiary/aromatic N) is 1. The topological polar surface area (TPSA) is 37.4 Å². The van der Waals surface area contributed by atoms with Gasteiger partial charge in [-0.25, -0.2) is 0 Å². The summed E-state index contributed by atoms with van der Waals surface area (Å²) in [4.78, 5) is 25.3. The third kappa shape index (κ3) is 3.42. The summed E-state index contributed by atoms with van der Waals surface area (Å²) in [6.45, 7) is 1.58. The lowest BCUT2D eigenvalue weighted by molar-refractivity contribution is -0.133. The molecule has 0 N–H and O–H groups in total. The molecule has 1 aromatic carbocycles. The van der Waals surface area contributed by atoms with E-state index in [1.54, 1.807) is 0 Å². The van der Waals surface area contributed by atoms with E-state index in [-0.39, 0.29) is 11.7 Å². The van der Waals surface area contributed by atoms with Gasteiger partial charge in [0.1, 0.15) is 0 Å². The summed E-state index contributed by atoms with van der Waals surface area (Å²) in [6, 6.07) is 9.34. The largest absolute Gasteiger partial charge is 0.343 e. The molecule has 0 spiro atoms. The minimum absolute atomic E-state index is 0.167. The van der Waals surface area contributed by atoms with Crippen LogP contribution in [0.4, 0.5) is 0 Å². The van der Waals surface area contributed by atoms with Gasteiger partial charge < -0.3 is 4.90 Å². The van der Waals surface area contributed by atoms with Crippen LogP contribution in [0.3, 0.4) is 0 Å². The van der Waals surface area contributed by atoms with Gasteiger partial charge in [0.25, 0.3) is 0 Å². The monoisotopic (exact) mass is 245 g/mol. The maximum Gasteiger partial charge on any atom is 0.222 e. The van der Waals surface area contributed by atoms with Gasteiger partial charge in [0.15, 0.2) is 5.78 Å². The Kier molecular flexibility index (Phi) is 4.51. The molecule has 0 bridgehead atoms. The maximum absolute atomic E-state index is 11.9. The number of hydrogen-bond acceptors (Lipinski definition) is 2. The van der Waals surface area contributed by atoms with Gasteiger partial charge in [-0.15, -0.1) is 0 Å². The SMILES string of the molecule is O=C(CCCN1CCCCC1=O)c1ccccc1. The van der Waals surface area contributed by atoms with Crippen molar-refractivity contribution < 1.29 is 9.59 Å². The number of ketones is 1. The summed E-state index contributed by atoms with van der Waals surface area (Å²) < 4.78 is 0. The number of rotatable bonds is 5. The van der Waals surface area contributed by atoms with E-state index in [2.05, 4.69) is 0 Å². The Morgan fingerprint density at radius 1 is 1.17 bits per heavy atom. The molecule has 1 fully saturated rings. The smallest absolute Gasteiger partial charge is 0.222 e. The Morgan fingerprint density at radius 2 is 1.94 bits per heavy atom. The zero-order valence-corrected chi connectivity index (χ0v) is 10.6. The third-order valence-corrected chi connectivity index (χ3v) is 3.35. The first-order chi connectivity index (χ1) is 8.77. The van der Waals surface area contributed by atoms with E-state index >= 15 is 0 Å². The van der Waals surface area contributed by atoms with Crippen molar-refractivity contribution in [1.29, 1.82) is 0 Å². The number of piperidine rings is 1. The average molecular weight is 245 g/mol. The summed E-state index contributed by atoms with van der Waals surface area (Å²) >= 11 is 0. The molecule has 1 aliphatic heterocycles. The van der Waals surface area contributed by atoms with Crippen molar-refractivity contribution in [3.05, 3.63) is 35.9 Å². The van der Waals surface area contributed by atoms with Crippen LogP contribution in [-0.2, 0) is 4.79 Å². The molecule has 1 heterocycles. The highest BCUT2D eigenvalue weighted by Crippen LogP contribution is 2.12. The third-order valence-electron chi connectivity index (χ3n) is 3.35. The summed E-state index contributed by atoms with van der Waals surface area (Å²) in [7, 11) is 0. The first-order valence-electron chi connectivity index (χ1n) is 6.63. The molecule has 3 nitrogen and oxygen atoms in total. The number of carbonyl (C=O) groups excluding carboxylic acids is 2. The van der Waals surface area contributed by atoms with E-state index in [4.69, 9.17) is 0 Å². The number of likely N-dealkylation sites (tertiary alicyclic amines) is 1. The van der Waals surface area contributed by atoms with E-state index in [0.717, 1.165) is 37.9 Å². The van der Waals surface area contributed by atoms with Crippen LogP contribution in [0.25, 0.3) is 0 Å². The Balaban J connectivity index is 1.75. The highest BCUT2D eigenvalue weighted by atomic mass is 16.2. The molecular formula is C15H19NO2. The van der Waals surface area contributed by atoms with Gasteiger partial charge in [-0.05, 0) is 19.3 Å². The van der Waals surface area contributed by atoms with Crippen molar-refractivity contribution in [1.82, 2.24) is 4.90 Å². The fraction of sp³-hybridized carbons (Fsp3) is 0.467. The molecule has 0 saturated carbocycles. The van der Waals surface area contributed by atoms with Gasteiger partial charge in [0, 0.05) is 31.5 Å². The number of amides is 1. The summed E-state index contributed by atoms with van der Waals surface area (Å²) in [6.07, 6.45) is 4.07. The molecule has 18 heavy (non-hydrogen) atoms. The van der Waals surface area contributed by atoms with Crippen LogP contribution in [0.15, 0.2) is 30.3 Å². The molecule has 1 amide bonds. The van der Waals surface area contributed by atoms with E-state index in [9.17, 15) is 9.59 Å². The fourth-order valence-electron chi connectivity index (χ4n) is 2.30. The lowest BCUT2D eigenvalue weighted by Crippen LogP contribution is -2.36. The molecule has 1 saturated heterocycles. The van der Waals surface area contributed by atoms with Crippen LogP contribution >= 0.6 is 0 Å². The Hall–Kier alpha value is -1.64. The van der Waals surface area contributed by atoms with Gasteiger partial charge in [-0.3, -0.25) is 9.59 Å². The molecule has 2 rings (SSSR count). The van der Waals surface area contributed by atoms with Gasteiger partial charge in [-0.2, -0.15) is 0 Å². The van der Waals surface area contributed by atoms with Gasteiger partial charge >= 0.3 is 0 Å². The molecule has 0 atom stereocenters. The van der Waals surface area contributed by atoms with Crippen LogP contribution in [0.1, 0.15) is 42.5 Å². The quantitative estimate of drug-likeness (QED) is 0.748. The number of Topliss-reactive ketones (excluding diaryl/α,β-unsaturated/α-hetero) is 1. The molecule has 0 unspecified atom stereocenters. The van der Waals surface area contributed by atoms with Crippen LogP contribution in [0.2, 0.25) is 0 Å². The molecule has 0 aliphatic carbocycles. The Labute approximate surface area is 108 Å². The number of benzene rings is 1. The van der Waals surface area contributed by atoms with Crippen LogP contribution < -0.4 is 0 Å². The molecular weight excluding hydrogens is 226 g/mol. The van der Waals surface area contributed by atoms with Crippen molar-refractivity contribution in [2.75, 3.05) is 13.1 Å². The summed E-state index contributed by atoms with van der Waals surface area (Å²) in [5, 5.41) is 0. The van der Waals surface area contributed by atoms with E-state index in [1.807, 2.05) is 35.2 Å². The highest BCUT2D eigenvalue weighted by molar-refractivity contribution is 5.95. The summed E-state index contributed by atoms with van der Waals surface area (Å²) in [5.41, 5.74) is 0.766. The van der Waals surface area contributed by atoms with Gasteiger partial charge in [0.05, 0.1) is 0 Å². The van der Waals surface area contributed by atoms with Crippen LogP contribution in [0.5, 0.6) is 0 Å². The molecule has 1 aromatic rings. The van der Waals surface area contributed by atoms with E-state index < -0.39 is 0 Å². The van der Waals surface area contributed by atoms with Crippen molar-refractivity contribution in [2.45, 2.75) is 32.1 Å². The van der Waals surface area contributed by atoms with E-state index in [1.165, 1.54) is 0 Å². The molecule has 3 heteroatoms. The fourth-order valence-corrected chi connectivity index (χ4v) is 2.30. The van der Waals surface area contributed by atoms with Gasteiger partial charge in [0.2, 0.25) is 5.91 Å². The first kappa shape index (κ1) is 12.8. The zero-order valence-electron chi connectivity index (χ0n) is 10.6. The highest BCUT2D eigenvalue weighted by Gasteiger charge is 2.17. The van der Waals surface area contributed by atoms with Crippen molar-refractivity contribution in [3.63, 3.8) is 0 Å². The molecule has 1 aliphatic rings. The molecule has 0 radical (unpaired) electrons. The predicted octanol–water partition coefficient (Wildman–Crippen LogP) is 2.66. The van der Waals surface area contributed by atoms with Gasteiger partial charge in [-0.1, -0.05) is 30.3 Å². The molecule has 96 valence electrons.